The van der Waals surface area contributed by atoms with Gasteiger partial charge in [-0.1, -0.05) is 24.3 Å². The summed E-state index contributed by atoms with van der Waals surface area (Å²) in [7, 11) is 0. The first-order valence-corrected chi connectivity index (χ1v) is 8.75. The lowest BCUT2D eigenvalue weighted by Gasteiger charge is -2.14. The maximum Gasteiger partial charge on any atom is 0.263 e. The fourth-order valence-electron chi connectivity index (χ4n) is 2.25. The largest absolute Gasteiger partial charge is 0.488 e. The highest BCUT2D eigenvalue weighted by atomic mass is 32.1. The summed E-state index contributed by atoms with van der Waals surface area (Å²) in [6, 6.07) is 12.0. The minimum atomic E-state index is -0.456. The first-order chi connectivity index (χ1) is 12.5. The van der Waals surface area contributed by atoms with Crippen LogP contribution >= 0.6 is 11.3 Å². The average molecular weight is 374 g/mol. The Kier molecular flexibility index (Phi) is 5.58. The van der Waals surface area contributed by atoms with Gasteiger partial charge in [0.15, 0.2) is 11.6 Å². The molecule has 1 aromatic heterocycles. The Morgan fingerprint density at radius 3 is 2.58 bits per heavy atom. The second kappa shape index (κ2) is 8.05. The molecule has 7 heteroatoms. The number of aromatic nitrogens is 1. The molecule has 0 aliphatic heterocycles. The summed E-state index contributed by atoms with van der Waals surface area (Å²) in [6.45, 7) is 1.86. The van der Waals surface area contributed by atoms with E-state index in [-0.39, 0.29) is 30.1 Å². The fraction of sp³-hybridized carbons (Fsp3) is 0.158. The van der Waals surface area contributed by atoms with Crippen molar-refractivity contribution in [1.29, 1.82) is 0 Å². The molecule has 1 atom stereocenters. The van der Waals surface area contributed by atoms with Crippen molar-refractivity contribution in [3.8, 4) is 16.3 Å². The summed E-state index contributed by atoms with van der Waals surface area (Å²) in [6.07, 6.45) is 1.41. The molecule has 0 spiro atoms. The van der Waals surface area contributed by atoms with E-state index in [2.05, 4.69) is 10.3 Å². The van der Waals surface area contributed by atoms with E-state index < -0.39 is 5.82 Å². The Hall–Kier alpha value is -2.80. The summed E-state index contributed by atoms with van der Waals surface area (Å²) in [5.41, 5.74) is 0.354. The summed E-state index contributed by atoms with van der Waals surface area (Å²) in [5.74, 6) is -1.05. The van der Waals surface area contributed by atoms with E-state index in [1.807, 2.05) is 0 Å². The first kappa shape index (κ1) is 18.0. The topological polar surface area (TPSA) is 51.2 Å². The van der Waals surface area contributed by atoms with E-state index in [4.69, 9.17) is 4.74 Å². The number of benzene rings is 2. The number of carbonyl (C=O) groups is 1. The van der Waals surface area contributed by atoms with Gasteiger partial charge in [-0.05, 0) is 31.2 Å². The number of hydrogen-bond donors (Lipinski definition) is 1. The third-order valence-corrected chi connectivity index (χ3v) is 4.57. The summed E-state index contributed by atoms with van der Waals surface area (Å²) in [5, 5.41) is 3.19. The third kappa shape index (κ3) is 4.23. The van der Waals surface area contributed by atoms with Crippen molar-refractivity contribution in [1.82, 2.24) is 10.3 Å². The van der Waals surface area contributed by atoms with Crippen LogP contribution in [0, 0.1) is 11.6 Å². The van der Waals surface area contributed by atoms with Gasteiger partial charge in [-0.3, -0.25) is 4.79 Å². The lowest BCUT2D eigenvalue weighted by Crippen LogP contribution is -2.36. The highest BCUT2D eigenvalue weighted by molar-refractivity contribution is 7.16. The molecular formula is C19H16F2N2O2S. The molecule has 2 aromatic carbocycles. The zero-order chi connectivity index (χ0) is 18.5. The second-order valence-corrected chi connectivity index (χ2v) is 6.66. The van der Waals surface area contributed by atoms with Gasteiger partial charge in [-0.15, -0.1) is 11.3 Å². The molecule has 0 saturated heterocycles. The number of amides is 1. The normalized spacial score (nSPS) is 11.8. The van der Waals surface area contributed by atoms with Crippen molar-refractivity contribution in [3.63, 3.8) is 0 Å². The third-order valence-electron chi connectivity index (χ3n) is 3.54. The predicted octanol–water partition coefficient (Wildman–Crippen LogP) is 4.29. The molecule has 134 valence electrons. The van der Waals surface area contributed by atoms with Crippen molar-refractivity contribution in [2.45, 2.75) is 13.0 Å². The quantitative estimate of drug-likeness (QED) is 0.700. The van der Waals surface area contributed by atoms with Gasteiger partial charge in [-0.25, -0.2) is 13.8 Å². The number of rotatable bonds is 6. The summed E-state index contributed by atoms with van der Waals surface area (Å²) in [4.78, 5) is 16.8. The maximum absolute atomic E-state index is 13.8. The monoisotopic (exact) mass is 374 g/mol. The maximum atomic E-state index is 13.8. The molecule has 1 amide bonds. The Balaban J connectivity index is 1.60. The summed E-state index contributed by atoms with van der Waals surface area (Å²) < 4.78 is 32.7. The fourth-order valence-corrected chi connectivity index (χ4v) is 3.10. The van der Waals surface area contributed by atoms with Crippen LogP contribution in [-0.4, -0.2) is 23.5 Å². The van der Waals surface area contributed by atoms with E-state index in [9.17, 15) is 13.6 Å². The molecule has 4 nitrogen and oxygen atoms in total. The van der Waals surface area contributed by atoms with Gasteiger partial charge in [0, 0.05) is 5.56 Å². The van der Waals surface area contributed by atoms with E-state index in [1.165, 1.54) is 24.4 Å². The van der Waals surface area contributed by atoms with Crippen LogP contribution in [0.1, 0.15) is 16.6 Å². The Morgan fingerprint density at radius 1 is 1.15 bits per heavy atom. The van der Waals surface area contributed by atoms with Crippen molar-refractivity contribution >= 4 is 17.2 Å². The standard InChI is InChI=1S/C19H16F2N2O2S/c1-12(11-25-16-9-5-4-8-15(16)21)23-18(24)17-10-22-19(26-17)13-6-2-3-7-14(13)20/h2-10,12H,11H2,1H3,(H,23,24). The molecule has 0 aliphatic carbocycles. The van der Waals surface area contributed by atoms with Crippen LogP contribution in [0.4, 0.5) is 8.78 Å². The van der Waals surface area contributed by atoms with Crippen LogP contribution in [0.3, 0.4) is 0 Å². The van der Waals surface area contributed by atoms with Gasteiger partial charge in [0.2, 0.25) is 0 Å². The molecule has 0 bridgehead atoms. The molecule has 1 N–H and O–H groups in total. The number of hydrogen-bond acceptors (Lipinski definition) is 4. The van der Waals surface area contributed by atoms with Gasteiger partial charge in [0.25, 0.3) is 5.91 Å². The van der Waals surface area contributed by atoms with Crippen molar-refractivity contribution in [3.05, 3.63) is 71.2 Å². The van der Waals surface area contributed by atoms with Gasteiger partial charge in [-0.2, -0.15) is 0 Å². The van der Waals surface area contributed by atoms with Crippen LogP contribution in [0.15, 0.2) is 54.7 Å². The number of nitrogens with one attached hydrogen (secondary N) is 1. The molecule has 26 heavy (non-hydrogen) atoms. The van der Waals surface area contributed by atoms with Crippen LogP contribution in [0.25, 0.3) is 10.6 Å². The average Bonchev–Trinajstić information content (AvgIpc) is 3.11. The molecule has 0 radical (unpaired) electrons. The van der Waals surface area contributed by atoms with Crippen LogP contribution < -0.4 is 10.1 Å². The Bertz CT molecular complexity index is 914. The van der Waals surface area contributed by atoms with Gasteiger partial charge >= 0.3 is 0 Å². The van der Waals surface area contributed by atoms with Crippen molar-refractivity contribution in [2.75, 3.05) is 6.61 Å². The Labute approximate surface area is 153 Å². The van der Waals surface area contributed by atoms with Gasteiger partial charge < -0.3 is 10.1 Å². The summed E-state index contributed by atoms with van der Waals surface area (Å²) >= 11 is 1.10. The van der Waals surface area contributed by atoms with E-state index >= 15 is 0 Å². The van der Waals surface area contributed by atoms with Crippen molar-refractivity contribution in [2.24, 2.45) is 0 Å². The first-order valence-electron chi connectivity index (χ1n) is 7.93. The van der Waals surface area contributed by atoms with E-state index in [1.54, 1.807) is 37.3 Å². The number of nitrogens with zero attached hydrogens (tertiary/aromatic N) is 1. The van der Waals surface area contributed by atoms with E-state index in [0.717, 1.165) is 11.3 Å². The second-order valence-electron chi connectivity index (χ2n) is 5.63. The zero-order valence-electron chi connectivity index (χ0n) is 13.9. The number of carbonyl (C=O) groups excluding carboxylic acids is 1. The molecule has 3 aromatic rings. The molecule has 0 fully saturated rings. The minimum absolute atomic E-state index is 0.117. The molecule has 1 unspecified atom stereocenters. The highest BCUT2D eigenvalue weighted by Crippen LogP contribution is 2.27. The van der Waals surface area contributed by atoms with Gasteiger partial charge in [0.05, 0.1) is 12.2 Å². The molecule has 0 aliphatic rings. The number of para-hydroxylation sites is 1. The number of ether oxygens (including phenoxy) is 1. The minimum Gasteiger partial charge on any atom is -0.488 e. The van der Waals surface area contributed by atoms with Gasteiger partial charge in [0.1, 0.15) is 22.3 Å². The Morgan fingerprint density at radius 2 is 1.85 bits per heavy atom. The number of thiazole rings is 1. The lowest BCUT2D eigenvalue weighted by atomic mass is 10.2. The zero-order valence-corrected chi connectivity index (χ0v) is 14.7. The van der Waals surface area contributed by atoms with Crippen LogP contribution in [0.5, 0.6) is 5.75 Å². The smallest absolute Gasteiger partial charge is 0.263 e. The SMILES string of the molecule is CC(COc1ccccc1F)NC(=O)c1cnc(-c2ccccc2F)s1. The van der Waals surface area contributed by atoms with Crippen molar-refractivity contribution < 1.29 is 18.3 Å². The molecule has 3 rings (SSSR count). The molecule has 1 heterocycles. The predicted molar refractivity (Wildman–Crippen MR) is 96.3 cm³/mol. The lowest BCUT2D eigenvalue weighted by molar-refractivity contribution is 0.0930. The van der Waals surface area contributed by atoms with Crippen LogP contribution in [0.2, 0.25) is 0 Å². The number of halogens is 2. The highest BCUT2D eigenvalue weighted by Gasteiger charge is 2.16. The molecule has 0 saturated carbocycles. The molecular weight excluding hydrogens is 358 g/mol. The van der Waals surface area contributed by atoms with E-state index in [0.29, 0.717) is 15.4 Å². The van der Waals surface area contributed by atoms with Crippen LogP contribution in [-0.2, 0) is 0 Å².